The Morgan fingerprint density at radius 3 is 2.80 bits per heavy atom. The molecule has 15 heavy (non-hydrogen) atoms. The second-order valence-corrected chi connectivity index (χ2v) is 3.62. The summed E-state index contributed by atoms with van der Waals surface area (Å²) in [7, 11) is 0. The molecule has 0 spiro atoms. The van der Waals surface area contributed by atoms with E-state index in [0.717, 1.165) is 17.9 Å². The van der Waals surface area contributed by atoms with Gasteiger partial charge in [0.05, 0.1) is 0 Å². The van der Waals surface area contributed by atoms with E-state index in [9.17, 15) is 4.79 Å². The maximum Gasteiger partial charge on any atom is 0.249 e. The molecule has 2 N–H and O–H groups in total. The van der Waals surface area contributed by atoms with Crippen LogP contribution in [-0.2, 0) is 6.54 Å². The minimum atomic E-state index is -0.0689. The van der Waals surface area contributed by atoms with Gasteiger partial charge in [0.1, 0.15) is 5.82 Å². The number of fused-ring (bicyclic) bond motifs is 3. The third-order valence-corrected chi connectivity index (χ3v) is 2.68. The molecule has 74 valence electrons. The number of rotatable bonds is 0. The van der Waals surface area contributed by atoms with Crippen LogP contribution in [-0.4, -0.2) is 4.98 Å². The highest BCUT2D eigenvalue weighted by Crippen LogP contribution is 2.32. The van der Waals surface area contributed by atoms with Gasteiger partial charge in [-0.2, -0.15) is 0 Å². The summed E-state index contributed by atoms with van der Waals surface area (Å²) in [4.78, 5) is 14.0. The van der Waals surface area contributed by atoms with Crippen molar-refractivity contribution < 1.29 is 0 Å². The highest BCUT2D eigenvalue weighted by Gasteiger charge is 2.14. The van der Waals surface area contributed by atoms with Crippen LogP contribution < -0.4 is 10.9 Å². The molecule has 1 aliphatic heterocycles. The van der Waals surface area contributed by atoms with Crippen molar-refractivity contribution in [2.75, 3.05) is 5.32 Å². The Bertz CT molecular complexity index is 572. The van der Waals surface area contributed by atoms with E-state index in [1.165, 1.54) is 11.1 Å². The molecule has 0 radical (unpaired) electrons. The van der Waals surface area contributed by atoms with Crippen molar-refractivity contribution in [1.82, 2.24) is 4.98 Å². The summed E-state index contributed by atoms with van der Waals surface area (Å²) in [6.45, 7) is 0.767. The van der Waals surface area contributed by atoms with Crippen molar-refractivity contribution in [3.8, 4) is 11.1 Å². The highest BCUT2D eigenvalue weighted by atomic mass is 16.1. The summed E-state index contributed by atoms with van der Waals surface area (Å²) in [6, 6.07) is 11.6. The van der Waals surface area contributed by atoms with Crippen LogP contribution in [0, 0.1) is 0 Å². The fraction of sp³-hybridized carbons (Fsp3) is 0.0833. The number of nitrogens with one attached hydrogen (secondary N) is 2. The smallest absolute Gasteiger partial charge is 0.249 e. The van der Waals surface area contributed by atoms with E-state index in [-0.39, 0.29) is 5.56 Å². The quantitative estimate of drug-likeness (QED) is 0.679. The summed E-state index contributed by atoms with van der Waals surface area (Å²) >= 11 is 0. The first kappa shape index (κ1) is 8.29. The number of anilines is 1. The molecule has 1 aliphatic rings. The molecule has 2 aromatic rings. The van der Waals surface area contributed by atoms with Crippen LogP contribution in [0.2, 0.25) is 0 Å². The molecule has 1 aromatic heterocycles. The van der Waals surface area contributed by atoms with E-state index >= 15 is 0 Å². The number of pyridine rings is 1. The molecule has 0 aliphatic carbocycles. The molecule has 0 fully saturated rings. The van der Waals surface area contributed by atoms with Gasteiger partial charge < -0.3 is 10.3 Å². The molecular formula is C12H10N2O. The molecule has 3 rings (SSSR count). The lowest BCUT2D eigenvalue weighted by Crippen LogP contribution is -2.14. The summed E-state index contributed by atoms with van der Waals surface area (Å²) in [5, 5.41) is 3.20. The van der Waals surface area contributed by atoms with E-state index in [1.54, 1.807) is 6.07 Å². The number of hydrogen-bond donors (Lipinski definition) is 2. The second kappa shape index (κ2) is 2.98. The first-order valence-corrected chi connectivity index (χ1v) is 4.90. The van der Waals surface area contributed by atoms with Gasteiger partial charge in [-0.05, 0) is 17.2 Å². The predicted molar refractivity (Wildman–Crippen MR) is 59.8 cm³/mol. The van der Waals surface area contributed by atoms with Crippen molar-refractivity contribution in [2.45, 2.75) is 6.54 Å². The number of aromatic nitrogens is 1. The van der Waals surface area contributed by atoms with Crippen molar-refractivity contribution in [3.63, 3.8) is 0 Å². The standard InChI is InChI=1S/C12H10N2O/c15-11-6-5-10-9-4-2-1-3-8(9)7-13-12(10)14-11/h1-6H,7H2,(H2,13,14,15). The normalized spacial score (nSPS) is 12.5. The monoisotopic (exact) mass is 198 g/mol. The van der Waals surface area contributed by atoms with Crippen LogP contribution in [0.15, 0.2) is 41.2 Å². The number of hydrogen-bond acceptors (Lipinski definition) is 2. The molecule has 0 unspecified atom stereocenters. The third kappa shape index (κ3) is 1.24. The lowest BCUT2D eigenvalue weighted by molar-refractivity contribution is 1.07. The fourth-order valence-electron chi connectivity index (χ4n) is 1.96. The number of benzene rings is 1. The van der Waals surface area contributed by atoms with Gasteiger partial charge in [0.15, 0.2) is 0 Å². The van der Waals surface area contributed by atoms with Crippen LogP contribution in [0.25, 0.3) is 11.1 Å². The molecule has 0 saturated carbocycles. The van der Waals surface area contributed by atoms with Crippen molar-refractivity contribution >= 4 is 5.82 Å². The molecule has 0 amide bonds. The van der Waals surface area contributed by atoms with Gasteiger partial charge in [0, 0.05) is 18.2 Å². The van der Waals surface area contributed by atoms with E-state index in [1.807, 2.05) is 18.2 Å². The van der Waals surface area contributed by atoms with Gasteiger partial charge in [-0.15, -0.1) is 0 Å². The molecular weight excluding hydrogens is 188 g/mol. The van der Waals surface area contributed by atoms with Gasteiger partial charge in [-0.1, -0.05) is 24.3 Å². The zero-order valence-corrected chi connectivity index (χ0v) is 8.08. The Labute approximate surface area is 86.8 Å². The van der Waals surface area contributed by atoms with E-state index < -0.39 is 0 Å². The van der Waals surface area contributed by atoms with Crippen LogP contribution >= 0.6 is 0 Å². The van der Waals surface area contributed by atoms with Gasteiger partial charge in [0.2, 0.25) is 5.56 Å². The zero-order valence-electron chi connectivity index (χ0n) is 8.08. The van der Waals surface area contributed by atoms with Crippen LogP contribution in [0.5, 0.6) is 0 Å². The fourth-order valence-corrected chi connectivity index (χ4v) is 1.96. The Morgan fingerprint density at radius 1 is 1.00 bits per heavy atom. The molecule has 3 nitrogen and oxygen atoms in total. The van der Waals surface area contributed by atoms with Crippen molar-refractivity contribution in [2.24, 2.45) is 0 Å². The number of H-pyrrole nitrogens is 1. The predicted octanol–water partition coefficient (Wildman–Crippen LogP) is 1.97. The minimum absolute atomic E-state index is 0.0689. The maximum atomic E-state index is 11.2. The Balaban J connectivity index is 2.30. The summed E-state index contributed by atoms with van der Waals surface area (Å²) < 4.78 is 0. The second-order valence-electron chi connectivity index (χ2n) is 3.62. The first-order chi connectivity index (χ1) is 7.34. The maximum absolute atomic E-state index is 11.2. The van der Waals surface area contributed by atoms with Gasteiger partial charge in [0.25, 0.3) is 0 Å². The molecule has 0 saturated heterocycles. The summed E-state index contributed by atoms with van der Waals surface area (Å²) in [5.41, 5.74) is 3.46. The average Bonchev–Trinajstić information content (AvgIpc) is 2.28. The first-order valence-electron chi connectivity index (χ1n) is 4.90. The highest BCUT2D eigenvalue weighted by molar-refractivity contribution is 5.80. The van der Waals surface area contributed by atoms with Crippen LogP contribution in [0.1, 0.15) is 5.56 Å². The van der Waals surface area contributed by atoms with Gasteiger partial charge in [-0.3, -0.25) is 4.79 Å². The summed E-state index contributed by atoms with van der Waals surface area (Å²) in [5.74, 6) is 0.821. The lowest BCUT2D eigenvalue weighted by Gasteiger charge is -2.20. The Kier molecular flexibility index (Phi) is 1.65. The molecule has 2 heterocycles. The largest absolute Gasteiger partial charge is 0.367 e. The lowest BCUT2D eigenvalue weighted by atomic mass is 9.97. The molecule has 1 aromatic carbocycles. The molecule has 0 bridgehead atoms. The zero-order chi connectivity index (χ0) is 10.3. The molecule has 0 atom stereocenters. The van der Waals surface area contributed by atoms with E-state index in [2.05, 4.69) is 22.4 Å². The van der Waals surface area contributed by atoms with Gasteiger partial charge in [-0.25, -0.2) is 0 Å². The van der Waals surface area contributed by atoms with Crippen LogP contribution in [0.3, 0.4) is 0 Å². The summed E-state index contributed by atoms with van der Waals surface area (Å²) in [6.07, 6.45) is 0. The van der Waals surface area contributed by atoms with E-state index in [0.29, 0.717) is 0 Å². The van der Waals surface area contributed by atoms with Gasteiger partial charge >= 0.3 is 0 Å². The van der Waals surface area contributed by atoms with Crippen molar-refractivity contribution in [3.05, 3.63) is 52.3 Å². The average molecular weight is 198 g/mol. The third-order valence-electron chi connectivity index (χ3n) is 2.68. The molecule has 3 heteroatoms. The van der Waals surface area contributed by atoms with Crippen LogP contribution in [0.4, 0.5) is 5.82 Å². The Hall–Kier alpha value is -2.03. The van der Waals surface area contributed by atoms with Crippen molar-refractivity contribution in [1.29, 1.82) is 0 Å². The Morgan fingerprint density at radius 2 is 1.87 bits per heavy atom. The van der Waals surface area contributed by atoms with E-state index in [4.69, 9.17) is 0 Å². The SMILES string of the molecule is O=c1ccc2c([nH]1)NCc1ccccc1-2. The number of aromatic amines is 1. The topological polar surface area (TPSA) is 44.9 Å². The minimum Gasteiger partial charge on any atom is -0.367 e.